The van der Waals surface area contributed by atoms with Crippen LogP contribution in [0.1, 0.15) is 11.1 Å². The molecule has 1 rings (SSSR count). The van der Waals surface area contributed by atoms with Crippen molar-refractivity contribution in [3.8, 4) is 11.8 Å². The van der Waals surface area contributed by atoms with Crippen molar-refractivity contribution in [3.05, 3.63) is 29.3 Å². The number of benzene rings is 1. The average Bonchev–Trinajstić information content (AvgIpc) is 2.35. The van der Waals surface area contributed by atoms with Gasteiger partial charge < -0.3 is 9.84 Å². The van der Waals surface area contributed by atoms with E-state index in [9.17, 15) is 18.0 Å². The van der Waals surface area contributed by atoms with Crippen LogP contribution in [0.25, 0.3) is 0 Å². The molecule has 0 aliphatic carbocycles. The quantitative estimate of drug-likeness (QED) is 0.870. The lowest BCUT2D eigenvalue weighted by molar-refractivity contribution is -0.154. The molecule has 21 heavy (non-hydrogen) atoms. The Balaban J connectivity index is 3.01. The first-order valence-electron chi connectivity index (χ1n) is 5.83. The first kappa shape index (κ1) is 16.8. The normalized spacial score (nSPS) is 11.2. The van der Waals surface area contributed by atoms with Gasteiger partial charge in [-0.1, -0.05) is 0 Å². The van der Waals surface area contributed by atoms with Crippen LogP contribution >= 0.6 is 0 Å². The van der Waals surface area contributed by atoms with Gasteiger partial charge in [0.1, 0.15) is 5.75 Å². The Morgan fingerprint density at radius 1 is 1.48 bits per heavy atom. The Labute approximate surface area is 119 Å². The van der Waals surface area contributed by atoms with Gasteiger partial charge in [0.05, 0.1) is 31.8 Å². The van der Waals surface area contributed by atoms with Gasteiger partial charge in [0.25, 0.3) is 0 Å². The van der Waals surface area contributed by atoms with Crippen molar-refractivity contribution in [3.63, 3.8) is 0 Å². The molecule has 0 aliphatic heterocycles. The second-order valence-electron chi connectivity index (χ2n) is 4.29. The SMILES string of the molecule is COc1ccc(C#N)cc1CN(CC(=O)O)CC(F)(F)F. The molecule has 0 amide bonds. The van der Waals surface area contributed by atoms with Crippen LogP contribution in [-0.2, 0) is 11.3 Å². The fourth-order valence-electron chi connectivity index (χ4n) is 1.83. The van der Waals surface area contributed by atoms with Crippen LogP contribution in [0.2, 0.25) is 0 Å². The van der Waals surface area contributed by atoms with Crippen LogP contribution in [0.15, 0.2) is 18.2 Å². The van der Waals surface area contributed by atoms with Crippen molar-refractivity contribution in [2.75, 3.05) is 20.2 Å². The minimum absolute atomic E-state index is 0.257. The molecule has 5 nitrogen and oxygen atoms in total. The van der Waals surface area contributed by atoms with Crippen LogP contribution < -0.4 is 4.74 Å². The maximum absolute atomic E-state index is 12.5. The van der Waals surface area contributed by atoms with Gasteiger partial charge in [0.15, 0.2) is 0 Å². The standard InChI is InChI=1S/C13H13F3N2O3/c1-21-11-3-2-9(5-17)4-10(11)6-18(7-12(19)20)8-13(14,15)16/h2-4H,6-8H2,1H3,(H,19,20). The summed E-state index contributed by atoms with van der Waals surface area (Å²) in [7, 11) is 1.34. The Hall–Kier alpha value is -2.27. The summed E-state index contributed by atoms with van der Waals surface area (Å²) in [6, 6.07) is 6.17. The van der Waals surface area contributed by atoms with Crippen molar-refractivity contribution in [1.82, 2.24) is 4.90 Å². The molecular formula is C13H13F3N2O3. The molecule has 0 saturated carbocycles. The average molecular weight is 302 g/mol. The summed E-state index contributed by atoms with van der Waals surface area (Å²) >= 11 is 0. The lowest BCUT2D eigenvalue weighted by Gasteiger charge is -2.22. The molecule has 0 atom stereocenters. The van der Waals surface area contributed by atoms with E-state index < -0.39 is 25.2 Å². The minimum Gasteiger partial charge on any atom is -0.496 e. The number of nitrogens with zero attached hydrogens (tertiary/aromatic N) is 2. The molecule has 0 bridgehead atoms. The topological polar surface area (TPSA) is 73.6 Å². The highest BCUT2D eigenvalue weighted by Crippen LogP contribution is 2.24. The van der Waals surface area contributed by atoms with E-state index >= 15 is 0 Å². The molecule has 0 spiro atoms. The van der Waals surface area contributed by atoms with Gasteiger partial charge in [-0.3, -0.25) is 9.69 Å². The highest BCUT2D eigenvalue weighted by Gasteiger charge is 2.31. The molecule has 0 radical (unpaired) electrons. The van der Waals surface area contributed by atoms with Crippen molar-refractivity contribution < 1.29 is 27.8 Å². The highest BCUT2D eigenvalue weighted by atomic mass is 19.4. The Bertz CT molecular complexity index is 553. The second kappa shape index (κ2) is 6.95. The number of alkyl halides is 3. The van der Waals surface area contributed by atoms with E-state index in [1.807, 2.05) is 6.07 Å². The number of rotatable bonds is 6. The monoisotopic (exact) mass is 302 g/mol. The molecule has 114 valence electrons. The van der Waals surface area contributed by atoms with E-state index in [-0.39, 0.29) is 12.1 Å². The summed E-state index contributed by atoms with van der Waals surface area (Å²) < 4.78 is 42.4. The Morgan fingerprint density at radius 2 is 2.14 bits per heavy atom. The van der Waals surface area contributed by atoms with E-state index in [2.05, 4.69) is 0 Å². The zero-order valence-corrected chi connectivity index (χ0v) is 11.1. The number of methoxy groups -OCH3 is 1. The Kier molecular flexibility index (Phi) is 5.55. The number of carboxylic acid groups (broad SMARTS) is 1. The van der Waals surface area contributed by atoms with E-state index in [0.717, 1.165) is 4.90 Å². The molecule has 0 heterocycles. The van der Waals surface area contributed by atoms with Gasteiger partial charge in [-0.15, -0.1) is 0 Å². The van der Waals surface area contributed by atoms with E-state index in [1.165, 1.54) is 25.3 Å². The van der Waals surface area contributed by atoms with Crippen LogP contribution in [0.4, 0.5) is 13.2 Å². The maximum Gasteiger partial charge on any atom is 0.401 e. The van der Waals surface area contributed by atoms with Crippen molar-refractivity contribution >= 4 is 5.97 Å². The number of carboxylic acids is 1. The molecule has 0 saturated heterocycles. The number of ether oxygens (including phenoxy) is 1. The molecule has 1 aromatic carbocycles. The van der Waals surface area contributed by atoms with Gasteiger partial charge in [-0.25, -0.2) is 0 Å². The fourth-order valence-corrected chi connectivity index (χ4v) is 1.83. The third-order valence-corrected chi connectivity index (χ3v) is 2.57. The Morgan fingerprint density at radius 3 is 2.62 bits per heavy atom. The zero-order valence-electron chi connectivity index (χ0n) is 11.1. The molecular weight excluding hydrogens is 289 g/mol. The summed E-state index contributed by atoms with van der Waals surface area (Å²) in [5, 5.41) is 17.5. The number of halogens is 3. The first-order valence-corrected chi connectivity index (χ1v) is 5.83. The molecule has 8 heteroatoms. The fraction of sp³-hybridized carbons (Fsp3) is 0.385. The minimum atomic E-state index is -4.52. The van der Waals surface area contributed by atoms with Crippen LogP contribution in [-0.4, -0.2) is 42.4 Å². The summed E-state index contributed by atoms with van der Waals surface area (Å²) in [6.07, 6.45) is -4.52. The molecule has 0 unspecified atom stereocenters. The van der Waals surface area contributed by atoms with Gasteiger partial charge >= 0.3 is 12.1 Å². The lowest BCUT2D eigenvalue weighted by atomic mass is 10.1. The zero-order chi connectivity index (χ0) is 16.0. The second-order valence-corrected chi connectivity index (χ2v) is 4.29. The smallest absolute Gasteiger partial charge is 0.401 e. The molecule has 0 aliphatic rings. The predicted octanol–water partition coefficient (Wildman–Crippen LogP) is 2.02. The van der Waals surface area contributed by atoms with E-state index in [0.29, 0.717) is 11.3 Å². The first-order chi connectivity index (χ1) is 9.75. The summed E-state index contributed by atoms with van der Waals surface area (Å²) in [6.45, 7) is -2.41. The molecule has 0 aromatic heterocycles. The van der Waals surface area contributed by atoms with Crippen molar-refractivity contribution in [1.29, 1.82) is 5.26 Å². The van der Waals surface area contributed by atoms with Crippen LogP contribution in [0.3, 0.4) is 0 Å². The van der Waals surface area contributed by atoms with E-state index in [1.54, 1.807) is 0 Å². The largest absolute Gasteiger partial charge is 0.496 e. The predicted molar refractivity (Wildman–Crippen MR) is 66.7 cm³/mol. The third kappa shape index (κ3) is 5.71. The highest BCUT2D eigenvalue weighted by molar-refractivity contribution is 5.69. The number of carbonyl (C=O) groups is 1. The number of aliphatic carboxylic acids is 1. The van der Waals surface area contributed by atoms with E-state index in [4.69, 9.17) is 15.1 Å². The van der Waals surface area contributed by atoms with Gasteiger partial charge in [-0.05, 0) is 18.2 Å². The number of hydrogen-bond donors (Lipinski definition) is 1. The van der Waals surface area contributed by atoms with Crippen LogP contribution in [0.5, 0.6) is 5.75 Å². The molecule has 1 N–H and O–H groups in total. The summed E-state index contributed by atoms with van der Waals surface area (Å²) in [4.78, 5) is 11.4. The number of hydrogen-bond acceptors (Lipinski definition) is 4. The maximum atomic E-state index is 12.5. The van der Waals surface area contributed by atoms with Crippen molar-refractivity contribution in [2.45, 2.75) is 12.7 Å². The third-order valence-electron chi connectivity index (χ3n) is 2.57. The molecule has 0 fully saturated rings. The van der Waals surface area contributed by atoms with Gasteiger partial charge in [0, 0.05) is 12.1 Å². The summed E-state index contributed by atoms with van der Waals surface area (Å²) in [5.74, 6) is -1.07. The van der Waals surface area contributed by atoms with Crippen LogP contribution in [0, 0.1) is 11.3 Å². The van der Waals surface area contributed by atoms with Gasteiger partial charge in [0.2, 0.25) is 0 Å². The number of nitriles is 1. The summed E-state index contributed by atoms with van der Waals surface area (Å²) in [5.41, 5.74) is 0.579. The molecule has 1 aromatic rings. The van der Waals surface area contributed by atoms with Crippen molar-refractivity contribution in [2.24, 2.45) is 0 Å². The lowest BCUT2D eigenvalue weighted by Crippen LogP contribution is -2.37. The van der Waals surface area contributed by atoms with Gasteiger partial charge in [-0.2, -0.15) is 18.4 Å².